The highest BCUT2D eigenvalue weighted by atomic mass is 14.0. The molecular weight excluding hydrogens is 192 g/mol. The Balaban J connectivity index is 2.05. The van der Waals surface area contributed by atoms with E-state index in [2.05, 4.69) is 45.0 Å². The van der Waals surface area contributed by atoms with Crippen LogP contribution >= 0.6 is 0 Å². The van der Waals surface area contributed by atoms with Crippen molar-refractivity contribution in [1.82, 2.24) is 0 Å². The molecule has 0 nitrogen and oxygen atoms in total. The van der Waals surface area contributed by atoms with Crippen molar-refractivity contribution in [3.8, 4) is 0 Å². The Bertz CT molecular complexity index is 269. The lowest BCUT2D eigenvalue weighted by Gasteiger charge is -2.04. The van der Waals surface area contributed by atoms with Crippen LogP contribution in [-0.2, 0) is 6.42 Å². The number of hydrogen-bond donors (Lipinski definition) is 0. The summed E-state index contributed by atoms with van der Waals surface area (Å²) in [7, 11) is 0. The van der Waals surface area contributed by atoms with Crippen LogP contribution in [0.4, 0.5) is 0 Å². The Morgan fingerprint density at radius 1 is 0.875 bits per heavy atom. The SMILES string of the molecule is Cc1ccc(CCCCCCC(C)C)cc1. The summed E-state index contributed by atoms with van der Waals surface area (Å²) in [6, 6.07) is 8.97. The lowest BCUT2D eigenvalue weighted by atomic mass is 10.0. The van der Waals surface area contributed by atoms with E-state index in [-0.39, 0.29) is 0 Å². The van der Waals surface area contributed by atoms with Gasteiger partial charge in [0.25, 0.3) is 0 Å². The minimum absolute atomic E-state index is 0.872. The molecule has 1 rings (SSSR count). The van der Waals surface area contributed by atoms with Crippen LogP contribution < -0.4 is 0 Å². The van der Waals surface area contributed by atoms with Crippen LogP contribution in [0.1, 0.15) is 57.1 Å². The van der Waals surface area contributed by atoms with E-state index in [0.717, 1.165) is 5.92 Å². The molecule has 0 bridgehead atoms. The van der Waals surface area contributed by atoms with E-state index in [1.165, 1.54) is 49.7 Å². The predicted molar refractivity (Wildman–Crippen MR) is 72.8 cm³/mol. The zero-order valence-corrected chi connectivity index (χ0v) is 11.1. The van der Waals surface area contributed by atoms with Gasteiger partial charge in [-0.05, 0) is 31.2 Å². The molecule has 0 radical (unpaired) electrons. The lowest BCUT2D eigenvalue weighted by molar-refractivity contribution is 0.520. The fourth-order valence-corrected chi connectivity index (χ4v) is 1.99. The van der Waals surface area contributed by atoms with Gasteiger partial charge in [-0.2, -0.15) is 0 Å². The number of unbranched alkanes of at least 4 members (excludes halogenated alkanes) is 3. The summed E-state index contributed by atoms with van der Waals surface area (Å²) in [5.74, 6) is 0.872. The molecule has 0 spiro atoms. The second-order valence-electron chi connectivity index (χ2n) is 5.33. The first-order chi connectivity index (χ1) is 7.68. The van der Waals surface area contributed by atoms with Crippen molar-refractivity contribution in [1.29, 1.82) is 0 Å². The average molecular weight is 218 g/mol. The minimum atomic E-state index is 0.872. The first kappa shape index (κ1) is 13.3. The Morgan fingerprint density at radius 3 is 2.12 bits per heavy atom. The molecule has 0 aliphatic heterocycles. The second-order valence-corrected chi connectivity index (χ2v) is 5.33. The standard InChI is InChI=1S/C16H26/c1-14(2)8-6-4-5-7-9-16-12-10-15(3)11-13-16/h10-14H,4-9H2,1-3H3. The Hall–Kier alpha value is -0.780. The van der Waals surface area contributed by atoms with Crippen molar-refractivity contribution >= 4 is 0 Å². The van der Waals surface area contributed by atoms with Gasteiger partial charge in [0.15, 0.2) is 0 Å². The van der Waals surface area contributed by atoms with E-state index in [9.17, 15) is 0 Å². The van der Waals surface area contributed by atoms with Gasteiger partial charge in [0, 0.05) is 0 Å². The summed E-state index contributed by atoms with van der Waals surface area (Å²) in [5, 5.41) is 0. The third-order valence-corrected chi connectivity index (χ3v) is 3.12. The van der Waals surface area contributed by atoms with Crippen molar-refractivity contribution < 1.29 is 0 Å². The zero-order chi connectivity index (χ0) is 11.8. The van der Waals surface area contributed by atoms with Crippen molar-refractivity contribution in [2.45, 2.75) is 59.3 Å². The molecule has 0 unspecified atom stereocenters. The van der Waals surface area contributed by atoms with Crippen molar-refractivity contribution in [3.63, 3.8) is 0 Å². The highest BCUT2D eigenvalue weighted by Crippen LogP contribution is 2.12. The molecule has 1 aromatic carbocycles. The lowest BCUT2D eigenvalue weighted by Crippen LogP contribution is -1.89. The van der Waals surface area contributed by atoms with Gasteiger partial charge in [0.05, 0.1) is 0 Å². The molecule has 0 aliphatic carbocycles. The van der Waals surface area contributed by atoms with E-state index in [1.54, 1.807) is 0 Å². The van der Waals surface area contributed by atoms with Crippen molar-refractivity contribution in [2.75, 3.05) is 0 Å². The summed E-state index contributed by atoms with van der Waals surface area (Å²) in [6.45, 7) is 6.77. The van der Waals surface area contributed by atoms with Crippen molar-refractivity contribution in [3.05, 3.63) is 35.4 Å². The molecule has 0 aliphatic rings. The van der Waals surface area contributed by atoms with Crippen LogP contribution in [0.15, 0.2) is 24.3 Å². The summed E-state index contributed by atoms with van der Waals surface area (Å²) in [5.41, 5.74) is 2.86. The molecule has 0 saturated carbocycles. The second kappa shape index (κ2) is 7.49. The van der Waals surface area contributed by atoms with Crippen LogP contribution in [0, 0.1) is 12.8 Å². The van der Waals surface area contributed by atoms with Gasteiger partial charge in [-0.15, -0.1) is 0 Å². The maximum absolute atomic E-state index is 2.31. The Labute approximate surface area is 101 Å². The summed E-state index contributed by atoms with van der Waals surface area (Å²) in [4.78, 5) is 0. The number of benzene rings is 1. The Morgan fingerprint density at radius 2 is 1.50 bits per heavy atom. The molecule has 0 N–H and O–H groups in total. The molecular formula is C16H26. The fourth-order valence-electron chi connectivity index (χ4n) is 1.99. The van der Waals surface area contributed by atoms with Crippen LogP contribution in [-0.4, -0.2) is 0 Å². The molecule has 0 amide bonds. The van der Waals surface area contributed by atoms with Crippen LogP contribution in [0.2, 0.25) is 0 Å². The third kappa shape index (κ3) is 5.95. The highest BCUT2D eigenvalue weighted by molar-refractivity contribution is 5.21. The van der Waals surface area contributed by atoms with Gasteiger partial charge in [0.2, 0.25) is 0 Å². The molecule has 16 heavy (non-hydrogen) atoms. The van der Waals surface area contributed by atoms with Crippen LogP contribution in [0.5, 0.6) is 0 Å². The minimum Gasteiger partial charge on any atom is -0.0628 e. The Kier molecular flexibility index (Phi) is 6.22. The van der Waals surface area contributed by atoms with E-state index in [4.69, 9.17) is 0 Å². The smallest absolute Gasteiger partial charge is 0.0279 e. The normalized spacial score (nSPS) is 11.0. The van der Waals surface area contributed by atoms with Crippen molar-refractivity contribution in [2.24, 2.45) is 5.92 Å². The quantitative estimate of drug-likeness (QED) is 0.556. The van der Waals surface area contributed by atoms with Gasteiger partial charge >= 0.3 is 0 Å². The average Bonchev–Trinajstić information content (AvgIpc) is 2.25. The maximum atomic E-state index is 2.31. The zero-order valence-electron chi connectivity index (χ0n) is 11.1. The fraction of sp³-hybridized carbons (Fsp3) is 0.625. The van der Waals surface area contributed by atoms with Gasteiger partial charge in [-0.25, -0.2) is 0 Å². The first-order valence-electron chi connectivity index (χ1n) is 6.74. The van der Waals surface area contributed by atoms with Crippen LogP contribution in [0.3, 0.4) is 0 Å². The van der Waals surface area contributed by atoms with Gasteiger partial charge in [0.1, 0.15) is 0 Å². The largest absolute Gasteiger partial charge is 0.0628 e. The molecule has 0 heteroatoms. The molecule has 0 atom stereocenters. The van der Waals surface area contributed by atoms with Gasteiger partial charge in [-0.3, -0.25) is 0 Å². The molecule has 0 heterocycles. The predicted octanol–water partition coefficient (Wildman–Crippen LogP) is 5.14. The van der Waals surface area contributed by atoms with E-state index >= 15 is 0 Å². The molecule has 1 aromatic rings. The van der Waals surface area contributed by atoms with E-state index in [1.807, 2.05) is 0 Å². The van der Waals surface area contributed by atoms with E-state index in [0.29, 0.717) is 0 Å². The van der Waals surface area contributed by atoms with Crippen LogP contribution in [0.25, 0.3) is 0 Å². The molecule has 0 fully saturated rings. The topological polar surface area (TPSA) is 0 Å². The third-order valence-electron chi connectivity index (χ3n) is 3.12. The van der Waals surface area contributed by atoms with Gasteiger partial charge < -0.3 is 0 Å². The number of rotatable bonds is 7. The summed E-state index contributed by atoms with van der Waals surface area (Å²) in [6.07, 6.45) is 8.20. The summed E-state index contributed by atoms with van der Waals surface area (Å²) < 4.78 is 0. The first-order valence-corrected chi connectivity index (χ1v) is 6.74. The molecule has 90 valence electrons. The number of hydrogen-bond acceptors (Lipinski definition) is 0. The maximum Gasteiger partial charge on any atom is -0.0279 e. The van der Waals surface area contributed by atoms with Gasteiger partial charge in [-0.1, -0.05) is 69.4 Å². The monoisotopic (exact) mass is 218 g/mol. The molecule has 0 aromatic heterocycles. The highest BCUT2D eigenvalue weighted by Gasteiger charge is 1.96. The number of aryl methyl sites for hydroxylation is 2. The summed E-state index contributed by atoms with van der Waals surface area (Å²) >= 11 is 0. The molecule has 0 saturated heterocycles. The van der Waals surface area contributed by atoms with E-state index < -0.39 is 0 Å².